The molecule has 3 aromatic rings. The van der Waals surface area contributed by atoms with Crippen molar-refractivity contribution in [3.63, 3.8) is 0 Å². The summed E-state index contributed by atoms with van der Waals surface area (Å²) in [5.41, 5.74) is 3.65. The van der Waals surface area contributed by atoms with Gasteiger partial charge in [-0.3, -0.25) is 9.79 Å². The molecule has 0 amide bonds. The largest absolute Gasteiger partial charge is 0.288 e. The van der Waals surface area contributed by atoms with Crippen molar-refractivity contribution in [1.29, 1.82) is 0 Å². The maximum atomic E-state index is 12.2. The quantitative estimate of drug-likeness (QED) is 0.688. The average molecular weight is 297 g/mol. The van der Waals surface area contributed by atoms with E-state index in [1.165, 1.54) is 10.8 Å². The molecule has 2 nitrogen and oxygen atoms in total. The van der Waals surface area contributed by atoms with Crippen LogP contribution in [0.3, 0.4) is 0 Å². The Morgan fingerprint density at radius 1 is 0.783 bits per heavy atom. The molecule has 2 heteroatoms. The topological polar surface area (TPSA) is 29.4 Å². The summed E-state index contributed by atoms with van der Waals surface area (Å²) in [7, 11) is 0. The third kappa shape index (κ3) is 2.49. The average Bonchev–Trinajstić information content (AvgIpc) is 2.61. The Kier molecular flexibility index (Phi) is 3.35. The van der Waals surface area contributed by atoms with Crippen LogP contribution in [0.15, 0.2) is 77.8 Å². The second-order valence-corrected chi connectivity index (χ2v) is 5.59. The number of benzene rings is 3. The summed E-state index contributed by atoms with van der Waals surface area (Å²) in [6, 6.07) is 22.3. The van der Waals surface area contributed by atoms with Crippen molar-refractivity contribution in [2.45, 2.75) is 6.54 Å². The molecule has 0 heterocycles. The van der Waals surface area contributed by atoms with Crippen LogP contribution in [0.4, 0.5) is 0 Å². The molecule has 0 atom stereocenters. The summed E-state index contributed by atoms with van der Waals surface area (Å²) < 4.78 is 0. The molecule has 0 aromatic heterocycles. The van der Waals surface area contributed by atoms with Crippen molar-refractivity contribution in [1.82, 2.24) is 0 Å². The third-order valence-electron chi connectivity index (χ3n) is 4.15. The highest BCUT2D eigenvalue weighted by molar-refractivity contribution is 6.52. The minimum Gasteiger partial charge on any atom is -0.288 e. The lowest BCUT2D eigenvalue weighted by atomic mass is 9.94. The maximum Gasteiger partial charge on any atom is 0.204 e. The van der Waals surface area contributed by atoms with Gasteiger partial charge in [0.25, 0.3) is 0 Å². The Balaban J connectivity index is 1.76. The van der Waals surface area contributed by atoms with E-state index in [1.807, 2.05) is 48.5 Å². The van der Waals surface area contributed by atoms with E-state index < -0.39 is 0 Å². The van der Waals surface area contributed by atoms with Gasteiger partial charge >= 0.3 is 0 Å². The molecule has 110 valence electrons. The third-order valence-corrected chi connectivity index (χ3v) is 4.15. The summed E-state index contributed by atoms with van der Waals surface area (Å²) in [6.45, 7) is 0.505. The predicted molar refractivity (Wildman–Crippen MR) is 94.7 cm³/mol. The molecular weight excluding hydrogens is 282 g/mol. The number of aliphatic imine (C=N–C) groups is 1. The summed E-state index contributed by atoms with van der Waals surface area (Å²) in [5, 5.41) is 2.38. The first kappa shape index (κ1) is 13.6. The molecule has 0 saturated heterocycles. The monoisotopic (exact) mass is 297 g/mol. The molecule has 1 aliphatic carbocycles. The Morgan fingerprint density at radius 3 is 2.52 bits per heavy atom. The first-order chi connectivity index (χ1) is 11.3. The van der Waals surface area contributed by atoms with Crippen LogP contribution in [-0.2, 0) is 11.3 Å². The summed E-state index contributed by atoms with van der Waals surface area (Å²) in [6.07, 6.45) is 3.46. The SMILES string of the molecule is O=C1C=Cc2ccccc2C1=NCc1cccc2ccccc12. The fourth-order valence-corrected chi connectivity index (χ4v) is 2.99. The zero-order valence-corrected chi connectivity index (χ0v) is 12.6. The number of nitrogens with zero attached hydrogens (tertiary/aromatic N) is 1. The van der Waals surface area contributed by atoms with E-state index in [0.717, 1.165) is 16.7 Å². The second-order valence-electron chi connectivity index (χ2n) is 5.59. The number of hydrogen-bond donors (Lipinski definition) is 0. The van der Waals surface area contributed by atoms with Crippen molar-refractivity contribution in [2.24, 2.45) is 4.99 Å². The highest BCUT2D eigenvalue weighted by Crippen LogP contribution is 2.21. The lowest BCUT2D eigenvalue weighted by Crippen LogP contribution is -2.17. The van der Waals surface area contributed by atoms with E-state index in [9.17, 15) is 4.79 Å². The van der Waals surface area contributed by atoms with E-state index in [-0.39, 0.29) is 5.78 Å². The van der Waals surface area contributed by atoms with Gasteiger partial charge in [-0.1, -0.05) is 72.8 Å². The van der Waals surface area contributed by atoms with Crippen molar-refractivity contribution < 1.29 is 4.79 Å². The van der Waals surface area contributed by atoms with Gasteiger partial charge in [0.15, 0.2) is 0 Å². The van der Waals surface area contributed by atoms with Crippen molar-refractivity contribution in [3.05, 3.63) is 89.5 Å². The van der Waals surface area contributed by atoms with Crippen LogP contribution >= 0.6 is 0 Å². The fourth-order valence-electron chi connectivity index (χ4n) is 2.99. The number of carbonyl (C=O) groups excluding carboxylic acids is 1. The molecule has 23 heavy (non-hydrogen) atoms. The van der Waals surface area contributed by atoms with Crippen molar-refractivity contribution >= 4 is 28.3 Å². The van der Waals surface area contributed by atoms with E-state index in [1.54, 1.807) is 6.08 Å². The van der Waals surface area contributed by atoms with Crippen LogP contribution in [0.1, 0.15) is 16.7 Å². The first-order valence-corrected chi connectivity index (χ1v) is 7.66. The molecule has 0 unspecified atom stereocenters. The lowest BCUT2D eigenvalue weighted by Gasteiger charge is -2.12. The summed E-state index contributed by atoms with van der Waals surface area (Å²) in [4.78, 5) is 16.9. The number of hydrogen-bond acceptors (Lipinski definition) is 2. The minimum absolute atomic E-state index is 0.0241. The number of ketones is 1. The van der Waals surface area contributed by atoms with Gasteiger partial charge in [-0.15, -0.1) is 0 Å². The molecule has 0 aliphatic heterocycles. The van der Waals surface area contributed by atoms with Crippen LogP contribution in [0, 0.1) is 0 Å². The van der Waals surface area contributed by atoms with Crippen LogP contribution in [0.5, 0.6) is 0 Å². The van der Waals surface area contributed by atoms with E-state index in [0.29, 0.717) is 12.3 Å². The molecule has 3 aromatic carbocycles. The highest BCUT2D eigenvalue weighted by Gasteiger charge is 2.18. The molecule has 4 rings (SSSR count). The predicted octanol–water partition coefficient (Wildman–Crippen LogP) is 4.43. The molecule has 0 fully saturated rings. The van der Waals surface area contributed by atoms with Crippen molar-refractivity contribution in [3.8, 4) is 0 Å². The number of fused-ring (bicyclic) bond motifs is 2. The smallest absolute Gasteiger partial charge is 0.204 e. The molecule has 1 aliphatic rings. The molecule has 0 spiro atoms. The standard InChI is InChI=1S/C21H15NO/c23-20-13-12-16-7-2-4-11-19(16)21(20)22-14-17-9-5-8-15-6-1-3-10-18(15)17/h1-13H,14H2. The van der Waals surface area contributed by atoms with Crippen LogP contribution < -0.4 is 0 Å². The second kappa shape index (κ2) is 5.65. The van der Waals surface area contributed by atoms with E-state index in [4.69, 9.17) is 0 Å². The van der Waals surface area contributed by atoms with Crippen LogP contribution in [0.2, 0.25) is 0 Å². The van der Waals surface area contributed by atoms with Gasteiger partial charge in [0.1, 0.15) is 5.71 Å². The van der Waals surface area contributed by atoms with Gasteiger partial charge in [0, 0.05) is 5.56 Å². The van der Waals surface area contributed by atoms with Gasteiger partial charge < -0.3 is 0 Å². The Bertz CT molecular complexity index is 961. The Hall–Kier alpha value is -3.00. The number of allylic oxidation sites excluding steroid dienone is 1. The number of carbonyl (C=O) groups is 1. The van der Waals surface area contributed by atoms with E-state index in [2.05, 4.69) is 29.3 Å². The van der Waals surface area contributed by atoms with E-state index >= 15 is 0 Å². The molecule has 0 radical (unpaired) electrons. The maximum absolute atomic E-state index is 12.2. The molecule has 0 saturated carbocycles. The van der Waals surface area contributed by atoms with Crippen LogP contribution in [-0.4, -0.2) is 11.5 Å². The summed E-state index contributed by atoms with van der Waals surface area (Å²) >= 11 is 0. The Labute approximate surface area is 134 Å². The first-order valence-electron chi connectivity index (χ1n) is 7.66. The lowest BCUT2D eigenvalue weighted by molar-refractivity contribution is -0.108. The zero-order valence-electron chi connectivity index (χ0n) is 12.6. The molecular formula is C21H15NO. The zero-order chi connectivity index (χ0) is 15.6. The Morgan fingerprint density at radius 2 is 1.57 bits per heavy atom. The normalized spacial score (nSPS) is 15.1. The van der Waals surface area contributed by atoms with Crippen molar-refractivity contribution in [2.75, 3.05) is 0 Å². The number of rotatable bonds is 2. The summed E-state index contributed by atoms with van der Waals surface area (Å²) in [5.74, 6) is -0.0241. The molecule has 0 bridgehead atoms. The van der Waals surface area contributed by atoms with Gasteiger partial charge in [-0.25, -0.2) is 0 Å². The van der Waals surface area contributed by atoms with Gasteiger partial charge in [-0.05, 0) is 28.0 Å². The minimum atomic E-state index is -0.0241. The van der Waals surface area contributed by atoms with Gasteiger partial charge in [-0.2, -0.15) is 0 Å². The van der Waals surface area contributed by atoms with Gasteiger partial charge in [0.2, 0.25) is 5.78 Å². The highest BCUT2D eigenvalue weighted by atomic mass is 16.1. The molecule has 0 N–H and O–H groups in total. The van der Waals surface area contributed by atoms with Gasteiger partial charge in [0.05, 0.1) is 6.54 Å². The van der Waals surface area contributed by atoms with Crippen LogP contribution in [0.25, 0.3) is 16.8 Å². The fraction of sp³-hybridized carbons (Fsp3) is 0.0476.